The highest BCUT2D eigenvalue weighted by Gasteiger charge is 2.08. The van der Waals surface area contributed by atoms with E-state index in [4.69, 9.17) is 14.3 Å². The smallest absolute Gasteiger partial charge is 0.336 e. The van der Waals surface area contributed by atoms with Crippen LogP contribution in [0.25, 0.3) is 11.0 Å². The third kappa shape index (κ3) is 13.5. The molecule has 0 fully saturated rings. The normalized spacial score (nSPS) is 14.2. The number of carboxylic acids is 1. The summed E-state index contributed by atoms with van der Waals surface area (Å²) in [5, 5.41) is 19.0. The maximum atomic E-state index is 11.1. The molecule has 0 saturated carbocycles. The predicted molar refractivity (Wildman–Crippen MR) is 154 cm³/mol. The zero-order valence-corrected chi connectivity index (χ0v) is 23.3. The summed E-state index contributed by atoms with van der Waals surface area (Å²) in [5.41, 5.74) is 1.10. The van der Waals surface area contributed by atoms with Crippen LogP contribution < -0.4 is 10.4 Å². The van der Waals surface area contributed by atoms with E-state index < -0.39 is 11.6 Å². The molecule has 0 amide bonds. The molecular weight excluding hydrogens is 480 g/mol. The van der Waals surface area contributed by atoms with Crippen LogP contribution in [0.5, 0.6) is 11.5 Å². The van der Waals surface area contributed by atoms with Crippen LogP contribution in [-0.4, -0.2) is 22.8 Å². The van der Waals surface area contributed by atoms with Gasteiger partial charge in [-0.1, -0.05) is 75.5 Å². The van der Waals surface area contributed by atoms with Crippen LogP contribution >= 0.6 is 0 Å². The van der Waals surface area contributed by atoms with Crippen molar-refractivity contribution in [1.82, 2.24) is 0 Å². The van der Waals surface area contributed by atoms with Gasteiger partial charge in [0.1, 0.15) is 12.2 Å². The lowest BCUT2D eigenvalue weighted by molar-refractivity contribution is -0.137. The SMILES string of the molecule is CC(C)=CCOc1cc2oc(=O)ccc2cc1O.O=C(O)CCCCCCCCCCCCC1C=CCC1. The van der Waals surface area contributed by atoms with E-state index in [1.807, 2.05) is 19.9 Å². The summed E-state index contributed by atoms with van der Waals surface area (Å²) in [4.78, 5) is 21.4. The van der Waals surface area contributed by atoms with Gasteiger partial charge >= 0.3 is 11.6 Å². The third-order valence-electron chi connectivity index (χ3n) is 6.76. The standard InChI is InChI=1S/C18H32O2.C14H14O4/c19-18(20)16-10-8-6-4-2-1-3-5-7-9-13-17-14-11-12-15-17;1-9(2)5-6-17-13-8-12-10(7-11(13)15)3-4-14(16)18-12/h11,14,17H,1-10,12-13,15-16H2,(H,19,20);3-5,7-8,15H,6H2,1-2H3. The van der Waals surface area contributed by atoms with E-state index in [0.29, 0.717) is 29.7 Å². The minimum absolute atomic E-state index is 0.0264. The van der Waals surface area contributed by atoms with Gasteiger partial charge in [-0.2, -0.15) is 0 Å². The Morgan fingerprint density at radius 3 is 2.26 bits per heavy atom. The number of aromatic hydroxyl groups is 1. The number of carbonyl (C=O) groups is 1. The van der Waals surface area contributed by atoms with E-state index in [1.54, 1.807) is 6.07 Å². The van der Waals surface area contributed by atoms with Crippen molar-refractivity contribution < 1.29 is 24.2 Å². The van der Waals surface area contributed by atoms with Crippen molar-refractivity contribution in [3.8, 4) is 11.5 Å². The first kappa shape index (κ1) is 31.2. The summed E-state index contributed by atoms with van der Waals surface area (Å²) >= 11 is 0. The number of hydrogen-bond acceptors (Lipinski definition) is 5. The number of aliphatic carboxylic acids is 1. The van der Waals surface area contributed by atoms with Crippen molar-refractivity contribution in [3.05, 3.63) is 58.5 Å². The number of fused-ring (bicyclic) bond motifs is 1. The lowest BCUT2D eigenvalue weighted by Crippen LogP contribution is -1.97. The maximum absolute atomic E-state index is 11.1. The molecule has 6 nitrogen and oxygen atoms in total. The quantitative estimate of drug-likeness (QED) is 0.129. The Hall–Kier alpha value is -3.02. The molecule has 1 aromatic carbocycles. The average Bonchev–Trinajstić information content (AvgIpc) is 3.39. The minimum atomic E-state index is -0.655. The molecule has 0 aliphatic heterocycles. The molecular formula is C32H46O6. The van der Waals surface area contributed by atoms with Crippen LogP contribution in [0.15, 0.2) is 57.3 Å². The highest BCUT2D eigenvalue weighted by Crippen LogP contribution is 2.30. The van der Waals surface area contributed by atoms with Gasteiger partial charge in [-0.15, -0.1) is 0 Å². The zero-order chi connectivity index (χ0) is 27.6. The summed E-state index contributed by atoms with van der Waals surface area (Å²) < 4.78 is 10.4. The van der Waals surface area contributed by atoms with Crippen molar-refractivity contribution in [2.45, 2.75) is 104 Å². The number of hydrogen-bond donors (Lipinski definition) is 2. The number of rotatable bonds is 16. The molecule has 1 aliphatic rings. The van der Waals surface area contributed by atoms with Crippen molar-refractivity contribution in [1.29, 1.82) is 0 Å². The predicted octanol–water partition coefficient (Wildman–Crippen LogP) is 8.56. The van der Waals surface area contributed by atoms with Crippen LogP contribution in [0.1, 0.15) is 104 Å². The first-order valence-corrected chi connectivity index (χ1v) is 14.3. The van der Waals surface area contributed by atoms with Gasteiger partial charge in [0.05, 0.1) is 0 Å². The van der Waals surface area contributed by atoms with Gasteiger partial charge in [-0.05, 0) is 63.7 Å². The Morgan fingerprint density at radius 1 is 1.00 bits per heavy atom. The summed E-state index contributed by atoms with van der Waals surface area (Å²) in [6.45, 7) is 4.28. The van der Waals surface area contributed by atoms with Gasteiger partial charge < -0.3 is 19.4 Å². The molecule has 0 radical (unpaired) electrons. The van der Waals surface area contributed by atoms with E-state index in [2.05, 4.69) is 12.2 Å². The van der Waals surface area contributed by atoms with Gasteiger partial charge in [0.2, 0.25) is 0 Å². The van der Waals surface area contributed by atoms with E-state index in [0.717, 1.165) is 24.3 Å². The molecule has 1 heterocycles. The summed E-state index contributed by atoms with van der Waals surface area (Å²) in [6, 6.07) is 5.94. The van der Waals surface area contributed by atoms with E-state index in [-0.39, 0.29) is 5.75 Å². The molecule has 1 atom stereocenters. The Kier molecular flexibility index (Phi) is 15.0. The van der Waals surface area contributed by atoms with Crippen LogP contribution in [0.3, 0.4) is 0 Å². The van der Waals surface area contributed by atoms with Gasteiger partial charge in [0.25, 0.3) is 0 Å². The molecule has 0 bridgehead atoms. The van der Waals surface area contributed by atoms with E-state index in [1.165, 1.54) is 88.8 Å². The topological polar surface area (TPSA) is 97.0 Å². The Bertz CT molecular complexity index is 1080. The lowest BCUT2D eigenvalue weighted by atomic mass is 9.99. The van der Waals surface area contributed by atoms with Crippen molar-refractivity contribution in [2.75, 3.05) is 6.61 Å². The summed E-state index contributed by atoms with van der Waals surface area (Å²) in [5.74, 6) is 0.562. The second kappa shape index (κ2) is 18.3. The van der Waals surface area contributed by atoms with E-state index >= 15 is 0 Å². The fourth-order valence-corrected chi connectivity index (χ4v) is 4.53. The van der Waals surface area contributed by atoms with E-state index in [9.17, 15) is 14.7 Å². The monoisotopic (exact) mass is 526 g/mol. The van der Waals surface area contributed by atoms with Gasteiger partial charge in [0, 0.05) is 23.9 Å². The number of carboxylic acid groups (broad SMARTS) is 1. The van der Waals surface area contributed by atoms with Crippen LogP contribution in [0.4, 0.5) is 0 Å². The molecule has 2 N–H and O–H groups in total. The number of benzene rings is 1. The molecule has 2 aromatic rings. The largest absolute Gasteiger partial charge is 0.504 e. The molecule has 1 unspecified atom stereocenters. The van der Waals surface area contributed by atoms with Crippen LogP contribution in [0, 0.1) is 5.92 Å². The van der Waals surface area contributed by atoms with Gasteiger partial charge in [-0.3, -0.25) is 4.79 Å². The fraction of sp³-hybridized carbons (Fsp3) is 0.562. The summed E-state index contributed by atoms with van der Waals surface area (Å²) in [7, 11) is 0. The van der Waals surface area contributed by atoms with Crippen molar-refractivity contribution in [3.63, 3.8) is 0 Å². The van der Waals surface area contributed by atoms with Crippen LogP contribution in [-0.2, 0) is 4.79 Å². The molecule has 0 saturated heterocycles. The Labute approximate surface area is 227 Å². The number of phenolic OH excluding ortho intramolecular Hbond substituents is 1. The second-order valence-electron chi connectivity index (χ2n) is 10.4. The number of phenols is 1. The maximum Gasteiger partial charge on any atom is 0.336 e. The molecule has 1 aromatic heterocycles. The van der Waals surface area contributed by atoms with Gasteiger partial charge in [-0.25, -0.2) is 4.79 Å². The second-order valence-corrected chi connectivity index (χ2v) is 10.4. The van der Waals surface area contributed by atoms with Crippen molar-refractivity contribution in [2.24, 2.45) is 5.92 Å². The number of unbranched alkanes of at least 4 members (excludes halogenated alkanes) is 9. The molecule has 6 heteroatoms. The minimum Gasteiger partial charge on any atom is -0.504 e. The lowest BCUT2D eigenvalue weighted by Gasteiger charge is -2.07. The molecule has 3 rings (SSSR count). The number of ether oxygens (including phenoxy) is 1. The first-order chi connectivity index (χ1) is 18.3. The average molecular weight is 527 g/mol. The number of allylic oxidation sites excluding steroid dienone is 3. The molecule has 0 spiro atoms. The fourth-order valence-electron chi connectivity index (χ4n) is 4.53. The van der Waals surface area contributed by atoms with Crippen molar-refractivity contribution >= 4 is 16.9 Å². The molecule has 38 heavy (non-hydrogen) atoms. The highest BCUT2D eigenvalue weighted by atomic mass is 16.5. The molecule has 210 valence electrons. The first-order valence-electron chi connectivity index (χ1n) is 14.3. The molecule has 1 aliphatic carbocycles. The van der Waals surface area contributed by atoms with Crippen LogP contribution in [0.2, 0.25) is 0 Å². The van der Waals surface area contributed by atoms with Gasteiger partial charge in [0.15, 0.2) is 11.5 Å². The Morgan fingerprint density at radius 2 is 1.66 bits per heavy atom. The Balaban J connectivity index is 0.000000268. The highest BCUT2D eigenvalue weighted by molar-refractivity contribution is 5.80. The summed E-state index contributed by atoms with van der Waals surface area (Å²) in [6.07, 6.45) is 23.8. The third-order valence-corrected chi connectivity index (χ3v) is 6.76. The zero-order valence-electron chi connectivity index (χ0n) is 23.3.